The van der Waals surface area contributed by atoms with Crippen molar-refractivity contribution in [3.8, 4) is 11.5 Å². The number of carbonyl (C=O) groups is 2. The number of esters is 1. The van der Waals surface area contributed by atoms with Crippen molar-refractivity contribution >= 4 is 11.8 Å². The smallest absolute Gasteiger partial charge is 0.313 e. The number of aromatic nitrogens is 1. The molecule has 5 rings (SSSR count). The average Bonchev–Trinajstić information content (AvgIpc) is 3.01. The first-order valence-corrected chi connectivity index (χ1v) is 10.8. The second-order valence-corrected chi connectivity index (χ2v) is 8.46. The molecule has 180 valence electrons. The summed E-state index contributed by atoms with van der Waals surface area (Å²) in [6.45, 7) is 0. The number of methoxy groups -OCH3 is 2. The van der Waals surface area contributed by atoms with E-state index < -0.39 is 41.2 Å². The van der Waals surface area contributed by atoms with E-state index in [-0.39, 0.29) is 28.2 Å². The number of halogens is 2. The molecule has 0 spiro atoms. The molecule has 1 aromatic heterocycles. The maximum atomic E-state index is 14.3. The molecule has 1 N–H and O–H groups in total. The Labute approximate surface area is 199 Å². The lowest BCUT2D eigenvalue weighted by atomic mass is 9.75. The standard InChI is InChI=1S/C26H21F2NO6/c1-33-17-12-29-13-18-20(17)25(32)21(23(30)34-2)19(14-6-4-3-5-7-14)26(35-18,24(25)31)16-10-8-15(9-11-16)22(27)28/h3-13,19,21-22,32H,1-2H3/t19?,21-,25-,26+/m0/s1. The maximum Gasteiger partial charge on any atom is 0.313 e. The van der Waals surface area contributed by atoms with Gasteiger partial charge in [-0.3, -0.25) is 14.6 Å². The average molecular weight is 481 g/mol. The van der Waals surface area contributed by atoms with Crippen molar-refractivity contribution in [1.82, 2.24) is 4.98 Å². The first kappa shape index (κ1) is 22.9. The highest BCUT2D eigenvalue weighted by Gasteiger charge is 2.77. The number of hydrogen-bond donors (Lipinski definition) is 1. The number of fused-ring (bicyclic) bond motifs is 4. The van der Waals surface area contributed by atoms with Crippen LogP contribution in [0.4, 0.5) is 8.78 Å². The Hall–Kier alpha value is -3.85. The molecule has 0 saturated heterocycles. The molecule has 9 heteroatoms. The van der Waals surface area contributed by atoms with Gasteiger partial charge in [-0.1, -0.05) is 54.6 Å². The third kappa shape index (κ3) is 3.01. The number of aliphatic hydroxyl groups is 1. The van der Waals surface area contributed by atoms with E-state index in [2.05, 4.69) is 4.98 Å². The summed E-state index contributed by atoms with van der Waals surface area (Å²) in [5.41, 5.74) is -3.89. The lowest BCUT2D eigenvalue weighted by molar-refractivity contribution is -0.162. The molecule has 3 aromatic rings. The Morgan fingerprint density at radius 1 is 1.09 bits per heavy atom. The van der Waals surface area contributed by atoms with E-state index in [4.69, 9.17) is 14.2 Å². The number of ketones is 1. The van der Waals surface area contributed by atoms with Gasteiger partial charge in [-0.2, -0.15) is 0 Å². The Bertz CT molecular complexity index is 1300. The van der Waals surface area contributed by atoms with E-state index in [0.717, 1.165) is 7.11 Å². The fraction of sp³-hybridized carbons (Fsp3) is 0.269. The number of rotatable bonds is 5. The molecule has 2 aliphatic rings. The van der Waals surface area contributed by atoms with Crippen LogP contribution in [0.5, 0.6) is 11.5 Å². The van der Waals surface area contributed by atoms with Gasteiger partial charge in [0.25, 0.3) is 6.43 Å². The fourth-order valence-corrected chi connectivity index (χ4v) is 5.39. The summed E-state index contributed by atoms with van der Waals surface area (Å²) >= 11 is 0. The highest BCUT2D eigenvalue weighted by atomic mass is 19.3. The number of nitrogens with zero attached hydrogens (tertiary/aromatic N) is 1. The minimum Gasteiger partial charge on any atom is -0.495 e. The summed E-state index contributed by atoms with van der Waals surface area (Å²) in [4.78, 5) is 31.6. The van der Waals surface area contributed by atoms with Gasteiger partial charge in [0.2, 0.25) is 11.4 Å². The van der Waals surface area contributed by atoms with Crippen molar-refractivity contribution in [3.05, 3.63) is 89.2 Å². The van der Waals surface area contributed by atoms with E-state index in [1.807, 2.05) is 0 Å². The van der Waals surface area contributed by atoms with Crippen molar-refractivity contribution < 1.29 is 37.7 Å². The van der Waals surface area contributed by atoms with Crippen LogP contribution in [0.25, 0.3) is 0 Å². The number of carbonyl (C=O) groups excluding carboxylic acids is 2. The van der Waals surface area contributed by atoms with E-state index in [1.165, 1.54) is 43.8 Å². The van der Waals surface area contributed by atoms with Gasteiger partial charge in [-0.25, -0.2) is 8.78 Å². The Balaban J connectivity index is 1.87. The van der Waals surface area contributed by atoms with E-state index >= 15 is 0 Å². The molecule has 7 nitrogen and oxygen atoms in total. The van der Waals surface area contributed by atoms with E-state index in [0.29, 0.717) is 5.56 Å². The van der Waals surface area contributed by atoms with Gasteiger partial charge in [0, 0.05) is 11.1 Å². The summed E-state index contributed by atoms with van der Waals surface area (Å²) in [5, 5.41) is 12.2. The molecule has 1 aliphatic heterocycles. The molecular weight excluding hydrogens is 460 g/mol. The van der Waals surface area contributed by atoms with Crippen LogP contribution in [0.2, 0.25) is 0 Å². The summed E-state index contributed by atoms with van der Waals surface area (Å²) in [6, 6.07) is 13.7. The molecule has 35 heavy (non-hydrogen) atoms. The molecule has 4 atom stereocenters. The largest absolute Gasteiger partial charge is 0.495 e. The number of Topliss-reactive ketones (excluding diaryl/α,β-unsaturated/α-hetero) is 1. The van der Waals surface area contributed by atoms with Crippen LogP contribution >= 0.6 is 0 Å². The Morgan fingerprint density at radius 3 is 2.37 bits per heavy atom. The van der Waals surface area contributed by atoms with Crippen molar-refractivity contribution in [3.63, 3.8) is 0 Å². The highest BCUT2D eigenvalue weighted by Crippen LogP contribution is 2.65. The molecule has 0 radical (unpaired) electrons. The van der Waals surface area contributed by atoms with Crippen LogP contribution in [0.1, 0.15) is 34.6 Å². The van der Waals surface area contributed by atoms with Crippen LogP contribution in [0.3, 0.4) is 0 Å². The van der Waals surface area contributed by atoms with Crippen LogP contribution in [-0.2, 0) is 25.5 Å². The van der Waals surface area contributed by atoms with Crippen molar-refractivity contribution in [2.24, 2.45) is 5.92 Å². The SMILES string of the molecule is COC(=O)[C@@H]1C(c2ccccc2)[C@@]2(c3ccc(C(F)F)cc3)Oc3cncc(OC)c3[C@@]1(O)C2=O. The van der Waals surface area contributed by atoms with Crippen LogP contribution < -0.4 is 9.47 Å². The number of pyridine rings is 1. The number of alkyl halides is 2. The topological polar surface area (TPSA) is 95.0 Å². The maximum absolute atomic E-state index is 14.3. The Kier molecular flexibility index (Phi) is 5.32. The molecular formula is C26H21F2NO6. The van der Waals surface area contributed by atoms with Gasteiger partial charge in [0.05, 0.1) is 38.1 Å². The van der Waals surface area contributed by atoms with Crippen LogP contribution in [0, 0.1) is 5.92 Å². The number of benzene rings is 2. The first-order valence-electron chi connectivity index (χ1n) is 10.8. The monoisotopic (exact) mass is 481 g/mol. The highest BCUT2D eigenvalue weighted by molar-refractivity contribution is 6.07. The second kappa shape index (κ2) is 8.13. The van der Waals surface area contributed by atoms with Gasteiger partial charge >= 0.3 is 5.97 Å². The summed E-state index contributed by atoms with van der Waals surface area (Å²) < 4.78 is 43.4. The first-order chi connectivity index (χ1) is 16.8. The van der Waals surface area contributed by atoms with Gasteiger partial charge in [-0.05, 0) is 5.56 Å². The van der Waals surface area contributed by atoms with Gasteiger partial charge in [0.1, 0.15) is 17.4 Å². The fourth-order valence-electron chi connectivity index (χ4n) is 5.39. The summed E-state index contributed by atoms with van der Waals surface area (Å²) in [7, 11) is 2.50. The molecule has 1 saturated carbocycles. The van der Waals surface area contributed by atoms with E-state index in [9.17, 15) is 23.5 Å². The Morgan fingerprint density at radius 2 is 1.77 bits per heavy atom. The minimum absolute atomic E-state index is 0.0337. The quantitative estimate of drug-likeness (QED) is 0.556. The minimum atomic E-state index is -2.72. The van der Waals surface area contributed by atoms with Gasteiger partial charge in [-0.15, -0.1) is 0 Å². The number of hydrogen-bond acceptors (Lipinski definition) is 7. The molecule has 2 bridgehead atoms. The summed E-state index contributed by atoms with van der Waals surface area (Å²) in [6.07, 6.45) is -0.0895. The predicted octanol–water partition coefficient (Wildman–Crippen LogP) is 3.66. The van der Waals surface area contributed by atoms with Crippen molar-refractivity contribution in [1.29, 1.82) is 0 Å². The van der Waals surface area contributed by atoms with Crippen LogP contribution in [-0.4, -0.2) is 36.1 Å². The summed E-state index contributed by atoms with van der Waals surface area (Å²) in [5.74, 6) is -4.07. The molecule has 1 unspecified atom stereocenters. The van der Waals surface area contributed by atoms with Crippen molar-refractivity contribution in [2.75, 3.05) is 14.2 Å². The molecule has 1 fully saturated rings. The third-order valence-electron chi connectivity index (χ3n) is 6.86. The zero-order valence-electron chi connectivity index (χ0n) is 18.8. The zero-order valence-corrected chi connectivity index (χ0v) is 18.8. The lowest BCUT2D eigenvalue weighted by Crippen LogP contribution is -2.51. The zero-order chi connectivity index (χ0) is 25.0. The van der Waals surface area contributed by atoms with Crippen molar-refractivity contribution in [2.45, 2.75) is 23.5 Å². The molecule has 1 aliphatic carbocycles. The molecule has 2 heterocycles. The third-order valence-corrected chi connectivity index (χ3v) is 6.86. The van der Waals surface area contributed by atoms with Crippen LogP contribution in [0.15, 0.2) is 67.0 Å². The second-order valence-electron chi connectivity index (χ2n) is 8.46. The molecule has 2 aromatic carbocycles. The normalized spacial score (nSPS) is 26.7. The van der Waals surface area contributed by atoms with Gasteiger partial charge in [0.15, 0.2) is 5.60 Å². The van der Waals surface area contributed by atoms with E-state index in [1.54, 1.807) is 30.3 Å². The molecule has 0 amide bonds. The lowest BCUT2D eigenvalue weighted by Gasteiger charge is -2.39. The predicted molar refractivity (Wildman–Crippen MR) is 118 cm³/mol. The number of ether oxygens (including phenoxy) is 3. The van der Waals surface area contributed by atoms with Gasteiger partial charge < -0.3 is 19.3 Å².